The molecule has 1 aromatic carbocycles. The fraction of sp³-hybridized carbons (Fsp3) is 0.269. The Morgan fingerprint density at radius 2 is 1.82 bits per heavy atom. The standard InChI is InChI=1S/C26H29N7O/c1-16(2)33-23-9-8-18(14-30-23)22-12-24(32-15-31-22)29-13-17(3)19-6-5-7-20-21(26(34)27-4)10-11-28-25(19)20/h5-12,14-17H,13H2,1-4H3,(H,27,34)(H,30,33)(H,29,31,32)/t17-/m1/s1. The summed E-state index contributed by atoms with van der Waals surface area (Å²) in [6.07, 6.45) is 5.05. The number of benzene rings is 1. The smallest absolute Gasteiger partial charge is 0.251 e. The number of pyridine rings is 2. The molecule has 4 rings (SSSR count). The molecule has 0 radical (unpaired) electrons. The molecule has 3 heterocycles. The Kier molecular flexibility index (Phi) is 6.96. The summed E-state index contributed by atoms with van der Waals surface area (Å²) in [5.41, 5.74) is 4.26. The number of rotatable bonds is 8. The number of hydrogen-bond donors (Lipinski definition) is 3. The van der Waals surface area contributed by atoms with E-state index in [1.165, 1.54) is 0 Å². The van der Waals surface area contributed by atoms with Crippen molar-refractivity contribution in [3.63, 3.8) is 0 Å². The average Bonchev–Trinajstić information content (AvgIpc) is 2.86. The molecule has 174 valence electrons. The highest BCUT2D eigenvalue weighted by atomic mass is 16.1. The first-order chi connectivity index (χ1) is 16.5. The van der Waals surface area contributed by atoms with Crippen molar-refractivity contribution < 1.29 is 4.79 Å². The van der Waals surface area contributed by atoms with E-state index in [4.69, 9.17) is 0 Å². The quantitative estimate of drug-likeness (QED) is 0.360. The summed E-state index contributed by atoms with van der Waals surface area (Å²) in [6, 6.07) is 13.9. The SMILES string of the molecule is CNC(=O)c1ccnc2c([C@H](C)CNc3cc(-c4ccc(NC(C)C)nc4)ncn3)cccc12. The topological polar surface area (TPSA) is 105 Å². The van der Waals surface area contributed by atoms with Crippen molar-refractivity contribution >= 4 is 28.4 Å². The van der Waals surface area contributed by atoms with Crippen molar-refractivity contribution in [2.75, 3.05) is 24.2 Å². The third kappa shape index (κ3) is 5.11. The van der Waals surface area contributed by atoms with Gasteiger partial charge >= 0.3 is 0 Å². The molecule has 0 aliphatic heterocycles. The first-order valence-corrected chi connectivity index (χ1v) is 11.3. The van der Waals surface area contributed by atoms with Crippen LogP contribution < -0.4 is 16.0 Å². The van der Waals surface area contributed by atoms with Crippen LogP contribution in [0, 0.1) is 0 Å². The molecular formula is C26H29N7O. The first-order valence-electron chi connectivity index (χ1n) is 11.3. The lowest BCUT2D eigenvalue weighted by Gasteiger charge is -2.16. The summed E-state index contributed by atoms with van der Waals surface area (Å²) in [4.78, 5) is 30.1. The Morgan fingerprint density at radius 1 is 0.971 bits per heavy atom. The Hall–Kier alpha value is -4.07. The Bertz CT molecular complexity index is 1290. The van der Waals surface area contributed by atoms with Gasteiger partial charge in [0, 0.05) is 55.0 Å². The molecule has 0 spiro atoms. The fourth-order valence-electron chi connectivity index (χ4n) is 3.84. The Morgan fingerprint density at radius 3 is 2.56 bits per heavy atom. The van der Waals surface area contributed by atoms with E-state index in [2.05, 4.69) is 62.7 Å². The summed E-state index contributed by atoms with van der Waals surface area (Å²) >= 11 is 0. The Labute approximate surface area is 199 Å². The molecule has 0 fully saturated rings. The van der Waals surface area contributed by atoms with Crippen LogP contribution in [0.5, 0.6) is 0 Å². The highest BCUT2D eigenvalue weighted by Gasteiger charge is 2.15. The normalized spacial score (nSPS) is 11.9. The van der Waals surface area contributed by atoms with Crippen LogP contribution in [-0.2, 0) is 0 Å². The van der Waals surface area contributed by atoms with Crippen molar-refractivity contribution in [2.45, 2.75) is 32.7 Å². The van der Waals surface area contributed by atoms with Crippen molar-refractivity contribution in [3.8, 4) is 11.3 Å². The average molecular weight is 456 g/mol. The number of nitrogens with zero attached hydrogens (tertiary/aromatic N) is 4. The highest BCUT2D eigenvalue weighted by Crippen LogP contribution is 2.27. The minimum atomic E-state index is -0.119. The second kappa shape index (κ2) is 10.2. The number of amides is 1. The summed E-state index contributed by atoms with van der Waals surface area (Å²) in [5.74, 6) is 1.59. The number of fused-ring (bicyclic) bond motifs is 1. The van der Waals surface area contributed by atoms with Crippen LogP contribution in [0.2, 0.25) is 0 Å². The van der Waals surface area contributed by atoms with Crippen LogP contribution in [0.4, 0.5) is 11.6 Å². The molecule has 0 bridgehead atoms. The number of anilines is 2. The molecule has 3 aromatic heterocycles. The van der Waals surface area contributed by atoms with Gasteiger partial charge in [0.1, 0.15) is 18.0 Å². The van der Waals surface area contributed by atoms with Crippen LogP contribution in [0.1, 0.15) is 42.6 Å². The van der Waals surface area contributed by atoms with Gasteiger partial charge in [-0.25, -0.2) is 15.0 Å². The van der Waals surface area contributed by atoms with E-state index in [1.807, 2.05) is 36.5 Å². The van der Waals surface area contributed by atoms with E-state index in [1.54, 1.807) is 25.6 Å². The van der Waals surface area contributed by atoms with Gasteiger partial charge in [-0.15, -0.1) is 0 Å². The number of hydrogen-bond acceptors (Lipinski definition) is 7. The predicted octanol–water partition coefficient (Wildman–Crippen LogP) is 4.48. The maximum absolute atomic E-state index is 12.3. The third-order valence-corrected chi connectivity index (χ3v) is 5.56. The highest BCUT2D eigenvalue weighted by molar-refractivity contribution is 6.06. The molecule has 1 atom stereocenters. The second-order valence-electron chi connectivity index (χ2n) is 8.48. The molecule has 4 aromatic rings. The maximum Gasteiger partial charge on any atom is 0.251 e. The zero-order valence-electron chi connectivity index (χ0n) is 19.8. The van der Waals surface area contributed by atoms with Crippen LogP contribution >= 0.6 is 0 Å². The number of carbonyl (C=O) groups is 1. The van der Waals surface area contributed by atoms with E-state index in [-0.39, 0.29) is 11.8 Å². The van der Waals surface area contributed by atoms with Gasteiger partial charge in [-0.1, -0.05) is 25.1 Å². The van der Waals surface area contributed by atoms with Gasteiger partial charge in [-0.2, -0.15) is 0 Å². The summed E-state index contributed by atoms with van der Waals surface area (Å²) in [6.45, 7) is 6.93. The molecule has 8 nitrogen and oxygen atoms in total. The van der Waals surface area contributed by atoms with Crippen molar-refractivity contribution in [1.82, 2.24) is 25.3 Å². The molecule has 3 N–H and O–H groups in total. The zero-order valence-corrected chi connectivity index (χ0v) is 19.8. The lowest BCUT2D eigenvalue weighted by molar-refractivity contribution is 0.0964. The van der Waals surface area contributed by atoms with Crippen molar-refractivity contribution in [1.29, 1.82) is 0 Å². The third-order valence-electron chi connectivity index (χ3n) is 5.56. The van der Waals surface area contributed by atoms with E-state index in [0.29, 0.717) is 18.2 Å². The maximum atomic E-state index is 12.3. The van der Waals surface area contributed by atoms with Gasteiger partial charge in [-0.3, -0.25) is 9.78 Å². The molecule has 1 amide bonds. The van der Waals surface area contributed by atoms with E-state index >= 15 is 0 Å². The minimum absolute atomic E-state index is 0.119. The summed E-state index contributed by atoms with van der Waals surface area (Å²) in [5, 5.41) is 10.2. The lowest BCUT2D eigenvalue weighted by Crippen LogP contribution is -2.18. The van der Waals surface area contributed by atoms with Crippen molar-refractivity contribution in [3.05, 3.63) is 72.3 Å². The molecule has 0 saturated carbocycles. The van der Waals surface area contributed by atoms with Crippen LogP contribution in [0.3, 0.4) is 0 Å². The monoisotopic (exact) mass is 455 g/mol. The zero-order chi connectivity index (χ0) is 24.1. The summed E-state index contributed by atoms with van der Waals surface area (Å²) < 4.78 is 0. The van der Waals surface area contributed by atoms with E-state index in [0.717, 1.165) is 39.4 Å². The van der Waals surface area contributed by atoms with E-state index < -0.39 is 0 Å². The van der Waals surface area contributed by atoms with Crippen LogP contribution in [0.25, 0.3) is 22.2 Å². The van der Waals surface area contributed by atoms with Gasteiger partial charge in [0.25, 0.3) is 5.91 Å². The van der Waals surface area contributed by atoms with Gasteiger partial charge in [0.05, 0.1) is 16.8 Å². The molecule has 0 aliphatic rings. The van der Waals surface area contributed by atoms with E-state index in [9.17, 15) is 4.79 Å². The number of carbonyl (C=O) groups excluding carboxylic acids is 1. The second-order valence-corrected chi connectivity index (χ2v) is 8.48. The first kappa shape index (κ1) is 23.1. The molecule has 0 unspecified atom stereocenters. The number of aromatic nitrogens is 4. The molecule has 0 saturated heterocycles. The summed E-state index contributed by atoms with van der Waals surface area (Å²) in [7, 11) is 1.63. The molecule has 8 heteroatoms. The minimum Gasteiger partial charge on any atom is -0.369 e. The molecule has 34 heavy (non-hydrogen) atoms. The number of para-hydroxylation sites is 1. The molecular weight excluding hydrogens is 426 g/mol. The Balaban J connectivity index is 1.50. The van der Waals surface area contributed by atoms with Gasteiger partial charge in [0.2, 0.25) is 0 Å². The lowest BCUT2D eigenvalue weighted by atomic mass is 9.96. The predicted molar refractivity (Wildman–Crippen MR) is 136 cm³/mol. The van der Waals surface area contributed by atoms with Gasteiger partial charge in [0.15, 0.2) is 0 Å². The van der Waals surface area contributed by atoms with Crippen LogP contribution in [0.15, 0.2) is 61.2 Å². The van der Waals surface area contributed by atoms with Crippen molar-refractivity contribution in [2.24, 2.45) is 0 Å². The fourth-order valence-corrected chi connectivity index (χ4v) is 3.84. The van der Waals surface area contributed by atoms with Gasteiger partial charge in [-0.05, 0) is 37.6 Å². The van der Waals surface area contributed by atoms with Crippen LogP contribution in [-0.4, -0.2) is 45.5 Å². The largest absolute Gasteiger partial charge is 0.369 e. The van der Waals surface area contributed by atoms with Gasteiger partial charge < -0.3 is 16.0 Å². The molecule has 0 aliphatic carbocycles. The number of nitrogens with one attached hydrogen (secondary N) is 3.